The first-order chi connectivity index (χ1) is 11.4. The van der Waals surface area contributed by atoms with Crippen molar-refractivity contribution in [3.63, 3.8) is 0 Å². The van der Waals surface area contributed by atoms with Crippen LogP contribution in [0.3, 0.4) is 0 Å². The molecule has 0 radical (unpaired) electrons. The molecule has 0 aliphatic heterocycles. The Morgan fingerprint density at radius 1 is 1.29 bits per heavy atom. The number of hydrogen-bond donors (Lipinski definition) is 2. The predicted octanol–water partition coefficient (Wildman–Crippen LogP) is 3.02. The molecule has 0 fully saturated rings. The molecule has 1 amide bonds. The Labute approximate surface area is 149 Å². The monoisotopic (exact) mass is 407 g/mol. The van der Waals surface area contributed by atoms with E-state index in [-0.39, 0.29) is 0 Å². The van der Waals surface area contributed by atoms with Gasteiger partial charge >= 0.3 is 5.69 Å². The number of rotatable bonds is 3. The van der Waals surface area contributed by atoms with Crippen molar-refractivity contribution in [1.29, 1.82) is 0 Å². The maximum absolute atomic E-state index is 12.6. The molecule has 8 heteroatoms. The second kappa shape index (κ2) is 6.37. The first-order valence-electron chi connectivity index (χ1n) is 7.18. The molecular formula is C16H14BrN3O3S. The molecule has 3 aromatic rings. The van der Waals surface area contributed by atoms with Gasteiger partial charge in [0.25, 0.3) is 5.56 Å². The van der Waals surface area contributed by atoms with Gasteiger partial charge in [-0.15, -0.1) is 11.3 Å². The number of fused-ring (bicyclic) bond motifs is 1. The van der Waals surface area contributed by atoms with E-state index in [9.17, 15) is 14.4 Å². The zero-order valence-corrected chi connectivity index (χ0v) is 15.3. The van der Waals surface area contributed by atoms with Gasteiger partial charge in [0.2, 0.25) is 5.91 Å². The van der Waals surface area contributed by atoms with Crippen molar-refractivity contribution in [1.82, 2.24) is 9.55 Å². The minimum atomic E-state index is -0.936. The van der Waals surface area contributed by atoms with Gasteiger partial charge in [0, 0.05) is 15.0 Å². The van der Waals surface area contributed by atoms with E-state index in [0.29, 0.717) is 15.9 Å². The summed E-state index contributed by atoms with van der Waals surface area (Å²) in [5, 5.41) is 3.12. The molecule has 0 saturated heterocycles. The van der Waals surface area contributed by atoms with Gasteiger partial charge in [-0.1, -0.05) is 15.9 Å². The molecule has 0 aliphatic carbocycles. The fourth-order valence-electron chi connectivity index (χ4n) is 2.39. The SMILES string of the molecule is Cc1cc2c(=O)n(C(C)C(=O)Nc3ccc(Br)cc3)c(=O)[nH]c2s1. The lowest BCUT2D eigenvalue weighted by Crippen LogP contribution is -2.41. The van der Waals surface area contributed by atoms with Crippen molar-refractivity contribution in [3.05, 3.63) is 60.5 Å². The van der Waals surface area contributed by atoms with Crippen LogP contribution in [-0.2, 0) is 4.79 Å². The van der Waals surface area contributed by atoms with E-state index in [4.69, 9.17) is 0 Å². The Hall–Kier alpha value is -2.19. The summed E-state index contributed by atoms with van der Waals surface area (Å²) in [4.78, 5) is 41.3. The Morgan fingerprint density at radius 2 is 1.96 bits per heavy atom. The fourth-order valence-corrected chi connectivity index (χ4v) is 3.55. The molecule has 24 heavy (non-hydrogen) atoms. The number of hydrogen-bond acceptors (Lipinski definition) is 4. The van der Waals surface area contributed by atoms with Crippen LogP contribution in [0.15, 0.2) is 44.4 Å². The number of carbonyl (C=O) groups is 1. The summed E-state index contributed by atoms with van der Waals surface area (Å²) >= 11 is 4.66. The number of aromatic nitrogens is 2. The molecule has 2 aromatic heterocycles. The third-order valence-corrected chi connectivity index (χ3v) is 5.12. The molecule has 0 spiro atoms. The van der Waals surface area contributed by atoms with Crippen LogP contribution in [0.2, 0.25) is 0 Å². The first-order valence-corrected chi connectivity index (χ1v) is 8.79. The molecule has 2 heterocycles. The van der Waals surface area contributed by atoms with E-state index in [0.717, 1.165) is 13.9 Å². The number of thiophene rings is 1. The highest BCUT2D eigenvalue weighted by atomic mass is 79.9. The highest BCUT2D eigenvalue weighted by Crippen LogP contribution is 2.19. The molecule has 1 aromatic carbocycles. The molecule has 2 N–H and O–H groups in total. The molecule has 124 valence electrons. The largest absolute Gasteiger partial charge is 0.330 e. The summed E-state index contributed by atoms with van der Waals surface area (Å²) in [5.74, 6) is -0.434. The lowest BCUT2D eigenvalue weighted by atomic mass is 10.2. The number of H-pyrrole nitrogens is 1. The number of anilines is 1. The van der Waals surface area contributed by atoms with E-state index < -0.39 is 23.2 Å². The molecule has 0 bridgehead atoms. The molecule has 0 saturated carbocycles. The molecule has 1 unspecified atom stereocenters. The van der Waals surface area contributed by atoms with Crippen LogP contribution in [0.4, 0.5) is 5.69 Å². The van der Waals surface area contributed by atoms with Crippen LogP contribution in [0, 0.1) is 6.92 Å². The second-order valence-electron chi connectivity index (χ2n) is 5.38. The van der Waals surface area contributed by atoms with Gasteiger partial charge in [-0.25, -0.2) is 9.36 Å². The van der Waals surface area contributed by atoms with E-state index in [1.54, 1.807) is 30.3 Å². The molecular weight excluding hydrogens is 394 g/mol. The van der Waals surface area contributed by atoms with Gasteiger partial charge in [0.05, 0.1) is 5.39 Å². The number of nitrogens with zero attached hydrogens (tertiary/aromatic N) is 1. The van der Waals surface area contributed by atoms with E-state index >= 15 is 0 Å². The highest BCUT2D eigenvalue weighted by Gasteiger charge is 2.21. The lowest BCUT2D eigenvalue weighted by Gasteiger charge is -2.14. The number of benzene rings is 1. The van der Waals surface area contributed by atoms with E-state index in [2.05, 4.69) is 26.2 Å². The van der Waals surface area contributed by atoms with Crippen molar-refractivity contribution < 1.29 is 4.79 Å². The standard InChI is InChI=1S/C16H14BrN3O3S/c1-8-7-12-14(24-8)19-16(23)20(15(12)22)9(2)13(21)18-11-5-3-10(17)4-6-11/h3-7,9H,1-2H3,(H,18,21)(H,19,23). The number of nitrogens with one attached hydrogen (secondary N) is 2. The highest BCUT2D eigenvalue weighted by molar-refractivity contribution is 9.10. The average Bonchev–Trinajstić information content (AvgIpc) is 2.90. The predicted molar refractivity (Wildman–Crippen MR) is 98.9 cm³/mol. The fraction of sp³-hybridized carbons (Fsp3) is 0.188. The van der Waals surface area contributed by atoms with E-state index in [1.165, 1.54) is 18.3 Å². The second-order valence-corrected chi connectivity index (χ2v) is 7.55. The Morgan fingerprint density at radius 3 is 2.62 bits per heavy atom. The van der Waals surface area contributed by atoms with Crippen LogP contribution < -0.4 is 16.6 Å². The maximum atomic E-state index is 12.6. The summed E-state index contributed by atoms with van der Waals surface area (Å²) in [6.45, 7) is 3.38. The van der Waals surface area contributed by atoms with Gasteiger partial charge in [-0.05, 0) is 44.2 Å². The average molecular weight is 408 g/mol. The summed E-state index contributed by atoms with van der Waals surface area (Å²) in [7, 11) is 0. The first kappa shape index (κ1) is 16.7. The van der Waals surface area contributed by atoms with Gasteiger partial charge in [0.15, 0.2) is 0 Å². The molecule has 6 nitrogen and oxygen atoms in total. The van der Waals surface area contributed by atoms with Crippen molar-refractivity contribution in [2.24, 2.45) is 0 Å². The van der Waals surface area contributed by atoms with Crippen LogP contribution in [0.25, 0.3) is 10.2 Å². The number of carbonyl (C=O) groups excluding carboxylic acids is 1. The Balaban J connectivity index is 1.97. The summed E-state index contributed by atoms with van der Waals surface area (Å²) in [6.07, 6.45) is 0. The van der Waals surface area contributed by atoms with Crippen molar-refractivity contribution in [3.8, 4) is 0 Å². The number of amides is 1. The Bertz CT molecular complexity index is 1030. The smallest absolute Gasteiger partial charge is 0.324 e. The number of halogens is 1. The number of aryl methyl sites for hydroxylation is 1. The lowest BCUT2D eigenvalue weighted by molar-refractivity contribution is -0.118. The normalized spacial score (nSPS) is 12.3. The van der Waals surface area contributed by atoms with Crippen LogP contribution >= 0.6 is 27.3 Å². The minimum absolute atomic E-state index is 0.417. The van der Waals surface area contributed by atoms with Gasteiger partial charge < -0.3 is 5.32 Å². The van der Waals surface area contributed by atoms with Gasteiger partial charge in [0.1, 0.15) is 10.9 Å². The zero-order valence-electron chi connectivity index (χ0n) is 12.9. The quantitative estimate of drug-likeness (QED) is 0.699. The van der Waals surface area contributed by atoms with Crippen LogP contribution in [-0.4, -0.2) is 15.5 Å². The minimum Gasteiger partial charge on any atom is -0.324 e. The summed E-state index contributed by atoms with van der Waals surface area (Å²) in [5.41, 5.74) is -0.462. The van der Waals surface area contributed by atoms with Crippen molar-refractivity contribution in [2.75, 3.05) is 5.32 Å². The van der Waals surface area contributed by atoms with Gasteiger partial charge in [-0.3, -0.25) is 14.6 Å². The molecule has 0 aliphatic rings. The van der Waals surface area contributed by atoms with Crippen LogP contribution in [0.5, 0.6) is 0 Å². The number of aromatic amines is 1. The molecule has 1 atom stereocenters. The summed E-state index contributed by atoms with van der Waals surface area (Å²) in [6, 6.07) is 7.82. The third-order valence-electron chi connectivity index (χ3n) is 3.62. The van der Waals surface area contributed by atoms with Gasteiger partial charge in [-0.2, -0.15) is 0 Å². The van der Waals surface area contributed by atoms with Crippen molar-refractivity contribution >= 4 is 49.1 Å². The summed E-state index contributed by atoms with van der Waals surface area (Å²) < 4.78 is 1.84. The molecule has 3 rings (SSSR count). The van der Waals surface area contributed by atoms with Crippen molar-refractivity contribution in [2.45, 2.75) is 19.9 Å². The topological polar surface area (TPSA) is 84.0 Å². The Kier molecular flexibility index (Phi) is 4.42. The zero-order chi connectivity index (χ0) is 17.4. The maximum Gasteiger partial charge on any atom is 0.330 e. The third kappa shape index (κ3) is 3.07. The van der Waals surface area contributed by atoms with Crippen LogP contribution in [0.1, 0.15) is 17.8 Å². The van der Waals surface area contributed by atoms with E-state index in [1.807, 2.05) is 6.92 Å².